The Morgan fingerprint density at radius 3 is 2.35 bits per heavy atom. The van der Waals surface area contributed by atoms with Crippen LogP contribution in [0, 0.1) is 0 Å². The van der Waals surface area contributed by atoms with E-state index in [1.165, 1.54) is 0 Å². The molecule has 0 fully saturated rings. The number of carboxylic acids is 1. The van der Waals surface area contributed by atoms with Crippen LogP contribution in [0.2, 0.25) is 0 Å². The molecule has 0 unspecified atom stereocenters. The van der Waals surface area contributed by atoms with Crippen LogP contribution >= 0.6 is 0 Å². The number of hydrogen-bond donors (Lipinski definition) is 1. The molecule has 0 radical (unpaired) electrons. The van der Waals surface area contributed by atoms with Gasteiger partial charge in [0.25, 0.3) is 0 Å². The molecule has 0 aliphatic heterocycles. The minimum Gasteiger partial charge on any atom is -0.497 e. The lowest BCUT2D eigenvalue weighted by Gasteiger charge is -2.17. The highest BCUT2D eigenvalue weighted by Gasteiger charge is 2.22. The van der Waals surface area contributed by atoms with Crippen molar-refractivity contribution in [3.8, 4) is 17.2 Å². The third kappa shape index (κ3) is 4.64. The van der Waals surface area contributed by atoms with Gasteiger partial charge in [0, 0.05) is 6.42 Å². The molecule has 0 amide bonds. The number of ether oxygens (including phenoxy) is 3. The average Bonchev–Trinajstić information content (AvgIpc) is 2.56. The minimum absolute atomic E-state index is 0.220. The number of carbonyl (C=O) groups is 1. The molecule has 5 heteroatoms. The molecule has 122 valence electrons. The van der Waals surface area contributed by atoms with Gasteiger partial charge in [0.05, 0.1) is 13.7 Å². The maximum Gasteiger partial charge on any atom is 0.345 e. The second-order valence-corrected chi connectivity index (χ2v) is 4.87. The average molecular weight is 316 g/mol. The largest absolute Gasteiger partial charge is 0.497 e. The van der Waals surface area contributed by atoms with Crippen LogP contribution in [0.5, 0.6) is 17.2 Å². The molecule has 23 heavy (non-hydrogen) atoms. The van der Waals surface area contributed by atoms with E-state index in [9.17, 15) is 9.90 Å². The van der Waals surface area contributed by atoms with Crippen molar-refractivity contribution in [2.24, 2.45) is 0 Å². The summed E-state index contributed by atoms with van der Waals surface area (Å²) in [6, 6.07) is 14.2. The fourth-order valence-corrected chi connectivity index (χ4v) is 2.17. The molecule has 1 N–H and O–H groups in total. The molecule has 0 aromatic heterocycles. The van der Waals surface area contributed by atoms with E-state index in [0.29, 0.717) is 23.9 Å². The zero-order chi connectivity index (χ0) is 16.7. The predicted octanol–water partition coefficient (Wildman–Crippen LogP) is 3.17. The standard InChI is InChI=1S/C18H20O5/c1-3-22-16-7-5-4-6-13(16)12-17(18(19)20)23-15-10-8-14(21-2)9-11-15/h4-11,17H,3,12H2,1-2H3,(H,19,20)/t17-/m0/s1. The van der Waals surface area contributed by atoms with Gasteiger partial charge in [-0.3, -0.25) is 0 Å². The van der Waals surface area contributed by atoms with Gasteiger partial charge in [-0.05, 0) is 42.8 Å². The van der Waals surface area contributed by atoms with Gasteiger partial charge in [-0.25, -0.2) is 4.79 Å². The van der Waals surface area contributed by atoms with Crippen LogP contribution in [0.1, 0.15) is 12.5 Å². The summed E-state index contributed by atoms with van der Waals surface area (Å²) in [6.07, 6.45) is -0.776. The summed E-state index contributed by atoms with van der Waals surface area (Å²) in [6.45, 7) is 2.41. The first-order valence-electron chi connectivity index (χ1n) is 7.38. The Hall–Kier alpha value is -2.69. The van der Waals surface area contributed by atoms with Crippen LogP contribution in [-0.4, -0.2) is 30.9 Å². The van der Waals surface area contributed by atoms with Crippen LogP contribution in [0.3, 0.4) is 0 Å². The van der Waals surface area contributed by atoms with Crippen LogP contribution in [0.15, 0.2) is 48.5 Å². The molecule has 2 rings (SSSR count). The Labute approximate surface area is 135 Å². The van der Waals surface area contributed by atoms with Crippen molar-refractivity contribution in [1.82, 2.24) is 0 Å². The van der Waals surface area contributed by atoms with Gasteiger partial charge in [-0.1, -0.05) is 18.2 Å². The van der Waals surface area contributed by atoms with E-state index in [4.69, 9.17) is 14.2 Å². The summed E-state index contributed by atoms with van der Waals surface area (Å²) in [5.41, 5.74) is 0.801. The fourth-order valence-electron chi connectivity index (χ4n) is 2.17. The van der Waals surface area contributed by atoms with Crippen molar-refractivity contribution in [1.29, 1.82) is 0 Å². The van der Waals surface area contributed by atoms with Gasteiger partial charge in [-0.15, -0.1) is 0 Å². The number of rotatable bonds is 8. The second-order valence-electron chi connectivity index (χ2n) is 4.87. The smallest absolute Gasteiger partial charge is 0.345 e. The number of aliphatic carboxylic acids is 1. The van der Waals surface area contributed by atoms with E-state index in [0.717, 1.165) is 5.56 Å². The van der Waals surface area contributed by atoms with Crippen molar-refractivity contribution >= 4 is 5.97 Å². The molecular formula is C18H20O5. The quantitative estimate of drug-likeness (QED) is 0.810. The normalized spacial score (nSPS) is 11.6. The van der Waals surface area contributed by atoms with Crippen molar-refractivity contribution in [3.05, 3.63) is 54.1 Å². The van der Waals surface area contributed by atoms with Crippen LogP contribution in [0.4, 0.5) is 0 Å². The number of para-hydroxylation sites is 1. The van der Waals surface area contributed by atoms with Crippen molar-refractivity contribution in [3.63, 3.8) is 0 Å². The molecule has 0 spiro atoms. The molecular weight excluding hydrogens is 296 g/mol. The first-order chi connectivity index (χ1) is 11.1. The molecule has 0 heterocycles. The summed E-state index contributed by atoms with van der Waals surface area (Å²) >= 11 is 0. The molecule has 2 aromatic rings. The van der Waals surface area contributed by atoms with Crippen LogP contribution in [0.25, 0.3) is 0 Å². The molecule has 0 saturated carbocycles. The van der Waals surface area contributed by atoms with Gasteiger partial charge < -0.3 is 19.3 Å². The SMILES string of the molecule is CCOc1ccccc1C[C@H](Oc1ccc(OC)cc1)C(=O)O. The Bertz CT molecular complexity index is 636. The first-order valence-corrected chi connectivity index (χ1v) is 7.38. The maximum atomic E-state index is 11.5. The van der Waals surface area contributed by atoms with Gasteiger partial charge in [-0.2, -0.15) is 0 Å². The molecule has 0 aliphatic carbocycles. The van der Waals surface area contributed by atoms with Gasteiger partial charge >= 0.3 is 5.97 Å². The zero-order valence-electron chi connectivity index (χ0n) is 13.2. The minimum atomic E-state index is -1.02. The Morgan fingerprint density at radius 2 is 1.74 bits per heavy atom. The molecule has 0 bridgehead atoms. The van der Waals surface area contributed by atoms with Crippen molar-refractivity contribution < 1.29 is 24.1 Å². The van der Waals surface area contributed by atoms with E-state index in [2.05, 4.69) is 0 Å². The molecule has 2 aromatic carbocycles. The van der Waals surface area contributed by atoms with E-state index >= 15 is 0 Å². The first kappa shape index (κ1) is 16.7. The maximum absolute atomic E-state index is 11.5. The Kier molecular flexibility index (Phi) is 5.86. The van der Waals surface area contributed by atoms with E-state index in [1.807, 2.05) is 31.2 Å². The lowest BCUT2D eigenvalue weighted by molar-refractivity contribution is -0.145. The molecule has 5 nitrogen and oxygen atoms in total. The molecule has 0 aliphatic rings. The summed E-state index contributed by atoms with van der Waals surface area (Å²) in [7, 11) is 1.57. The van der Waals surface area contributed by atoms with E-state index < -0.39 is 12.1 Å². The van der Waals surface area contributed by atoms with Crippen LogP contribution < -0.4 is 14.2 Å². The molecule has 0 saturated heterocycles. The van der Waals surface area contributed by atoms with Gasteiger partial charge in [0.1, 0.15) is 17.2 Å². The summed E-state index contributed by atoms with van der Waals surface area (Å²) in [4.78, 5) is 11.5. The van der Waals surface area contributed by atoms with Crippen LogP contribution in [-0.2, 0) is 11.2 Å². The number of carboxylic acid groups (broad SMARTS) is 1. The summed E-state index contributed by atoms with van der Waals surface area (Å²) < 4.78 is 16.2. The highest BCUT2D eigenvalue weighted by molar-refractivity contribution is 5.73. The third-order valence-corrected chi connectivity index (χ3v) is 3.29. The fraction of sp³-hybridized carbons (Fsp3) is 0.278. The number of hydrogen-bond acceptors (Lipinski definition) is 4. The summed E-state index contributed by atoms with van der Waals surface area (Å²) in [5, 5.41) is 9.43. The Balaban J connectivity index is 2.14. The number of methoxy groups -OCH3 is 1. The lowest BCUT2D eigenvalue weighted by Crippen LogP contribution is -2.29. The second kappa shape index (κ2) is 8.08. The van der Waals surface area contributed by atoms with Gasteiger partial charge in [0.15, 0.2) is 6.10 Å². The summed E-state index contributed by atoms with van der Waals surface area (Å²) in [5.74, 6) is 0.824. The van der Waals surface area contributed by atoms with E-state index in [1.54, 1.807) is 31.4 Å². The van der Waals surface area contributed by atoms with Gasteiger partial charge in [0.2, 0.25) is 0 Å². The number of benzene rings is 2. The van der Waals surface area contributed by atoms with E-state index in [-0.39, 0.29) is 6.42 Å². The Morgan fingerprint density at radius 1 is 1.09 bits per heavy atom. The molecule has 1 atom stereocenters. The zero-order valence-corrected chi connectivity index (χ0v) is 13.2. The predicted molar refractivity (Wildman–Crippen MR) is 86.4 cm³/mol. The highest BCUT2D eigenvalue weighted by atomic mass is 16.5. The van der Waals surface area contributed by atoms with Crippen molar-refractivity contribution in [2.75, 3.05) is 13.7 Å². The topological polar surface area (TPSA) is 65.0 Å². The monoisotopic (exact) mass is 316 g/mol. The lowest BCUT2D eigenvalue weighted by atomic mass is 10.1. The third-order valence-electron chi connectivity index (χ3n) is 3.29. The highest BCUT2D eigenvalue weighted by Crippen LogP contribution is 2.23. The van der Waals surface area contributed by atoms with Crippen molar-refractivity contribution in [2.45, 2.75) is 19.4 Å².